The Morgan fingerprint density at radius 3 is 2.45 bits per heavy atom. The van der Waals surface area contributed by atoms with Crippen LogP contribution in [-0.4, -0.2) is 17.0 Å². The number of aromatic nitrogens is 2. The molecule has 0 bridgehead atoms. The van der Waals surface area contributed by atoms with Crippen LogP contribution in [0, 0.1) is 5.82 Å². The van der Waals surface area contributed by atoms with Crippen LogP contribution in [0.3, 0.4) is 0 Å². The Kier molecular flexibility index (Phi) is 3.95. The fourth-order valence-corrected chi connectivity index (χ4v) is 1.96. The van der Waals surface area contributed by atoms with Crippen LogP contribution in [0.5, 0.6) is 0 Å². The van der Waals surface area contributed by atoms with Gasteiger partial charge < -0.3 is 5.32 Å². The normalized spacial score (nSPS) is 11.5. The molecule has 0 fully saturated rings. The van der Waals surface area contributed by atoms with Crippen LogP contribution in [0.2, 0.25) is 5.02 Å². The van der Waals surface area contributed by atoms with E-state index in [0.29, 0.717) is 27.9 Å². The van der Waals surface area contributed by atoms with Gasteiger partial charge in [-0.2, -0.15) is 0 Å². The minimum atomic E-state index is -0.341. The number of benzene rings is 1. The third-order valence-electron chi connectivity index (χ3n) is 2.86. The third kappa shape index (κ3) is 3.07. The lowest BCUT2D eigenvalue weighted by Crippen LogP contribution is -2.17. The molecule has 0 radical (unpaired) electrons. The Labute approximate surface area is 123 Å². The summed E-state index contributed by atoms with van der Waals surface area (Å²) in [5.41, 5.74) is 0.969. The number of anilines is 1. The molecule has 0 unspecified atom stereocenters. The van der Waals surface area contributed by atoms with Crippen LogP contribution in [0.1, 0.15) is 26.6 Å². The molecule has 0 saturated heterocycles. The molecule has 0 amide bonds. The van der Waals surface area contributed by atoms with Crippen molar-refractivity contribution in [3.63, 3.8) is 0 Å². The van der Waals surface area contributed by atoms with Crippen molar-refractivity contribution in [2.45, 2.75) is 26.2 Å². The summed E-state index contributed by atoms with van der Waals surface area (Å²) < 4.78 is 13.4. The molecular formula is C15H17ClFN3. The van der Waals surface area contributed by atoms with Gasteiger partial charge in [0.2, 0.25) is 0 Å². The second-order valence-electron chi connectivity index (χ2n) is 5.59. The first-order chi connectivity index (χ1) is 9.31. The summed E-state index contributed by atoms with van der Waals surface area (Å²) in [5.74, 6) is 1.02. The molecule has 20 heavy (non-hydrogen) atoms. The van der Waals surface area contributed by atoms with Crippen molar-refractivity contribution < 1.29 is 4.39 Å². The van der Waals surface area contributed by atoms with Gasteiger partial charge in [0.1, 0.15) is 17.5 Å². The second-order valence-corrected chi connectivity index (χ2v) is 5.99. The maximum absolute atomic E-state index is 13.4. The van der Waals surface area contributed by atoms with E-state index in [1.807, 2.05) is 20.8 Å². The highest BCUT2D eigenvalue weighted by atomic mass is 35.5. The van der Waals surface area contributed by atoms with Gasteiger partial charge in [-0.3, -0.25) is 0 Å². The molecule has 1 aromatic heterocycles. The molecule has 2 rings (SSSR count). The van der Waals surface area contributed by atoms with E-state index in [0.717, 1.165) is 0 Å². The van der Waals surface area contributed by atoms with Crippen molar-refractivity contribution in [2.75, 3.05) is 12.4 Å². The zero-order valence-corrected chi connectivity index (χ0v) is 12.7. The van der Waals surface area contributed by atoms with E-state index in [4.69, 9.17) is 11.6 Å². The molecule has 1 N–H and O–H groups in total. The smallest absolute Gasteiger partial charge is 0.136 e. The van der Waals surface area contributed by atoms with Crippen LogP contribution in [0.25, 0.3) is 11.3 Å². The molecule has 1 heterocycles. The van der Waals surface area contributed by atoms with Gasteiger partial charge in [0.15, 0.2) is 0 Å². The number of nitrogens with zero attached hydrogens (tertiary/aromatic N) is 2. The van der Waals surface area contributed by atoms with E-state index in [1.165, 1.54) is 18.2 Å². The first-order valence-corrected chi connectivity index (χ1v) is 6.72. The van der Waals surface area contributed by atoms with E-state index in [2.05, 4.69) is 15.3 Å². The molecule has 0 aliphatic rings. The summed E-state index contributed by atoms with van der Waals surface area (Å²) in [4.78, 5) is 8.96. The fraction of sp³-hybridized carbons (Fsp3) is 0.333. The SMILES string of the molecule is CNc1cc(-c2cc(F)ccc2Cl)nc(C(C)(C)C)n1. The fourth-order valence-electron chi connectivity index (χ4n) is 1.74. The van der Waals surface area contributed by atoms with E-state index < -0.39 is 0 Å². The Balaban J connectivity index is 2.64. The van der Waals surface area contributed by atoms with Crippen molar-refractivity contribution in [3.8, 4) is 11.3 Å². The Hall–Kier alpha value is -1.68. The molecule has 0 aliphatic heterocycles. The molecule has 0 spiro atoms. The number of rotatable bonds is 2. The maximum atomic E-state index is 13.4. The molecule has 1 aromatic carbocycles. The van der Waals surface area contributed by atoms with E-state index in [9.17, 15) is 4.39 Å². The minimum Gasteiger partial charge on any atom is -0.373 e. The van der Waals surface area contributed by atoms with Crippen LogP contribution in [0.15, 0.2) is 24.3 Å². The first kappa shape index (κ1) is 14.7. The highest BCUT2D eigenvalue weighted by molar-refractivity contribution is 6.33. The Morgan fingerprint density at radius 2 is 1.85 bits per heavy atom. The highest BCUT2D eigenvalue weighted by Gasteiger charge is 2.20. The quantitative estimate of drug-likeness (QED) is 0.898. The van der Waals surface area contributed by atoms with Gasteiger partial charge in [0.05, 0.1) is 10.7 Å². The van der Waals surface area contributed by atoms with Crippen molar-refractivity contribution >= 4 is 17.4 Å². The van der Waals surface area contributed by atoms with Crippen molar-refractivity contribution in [1.29, 1.82) is 0 Å². The summed E-state index contributed by atoms with van der Waals surface area (Å²) in [7, 11) is 1.78. The largest absolute Gasteiger partial charge is 0.373 e. The van der Waals surface area contributed by atoms with Crippen LogP contribution in [-0.2, 0) is 5.41 Å². The summed E-state index contributed by atoms with van der Waals surface area (Å²) >= 11 is 6.15. The zero-order valence-electron chi connectivity index (χ0n) is 12.0. The van der Waals surface area contributed by atoms with Crippen molar-refractivity contribution in [3.05, 3.63) is 40.9 Å². The maximum Gasteiger partial charge on any atom is 0.136 e. The lowest BCUT2D eigenvalue weighted by molar-refractivity contribution is 0.547. The highest BCUT2D eigenvalue weighted by Crippen LogP contribution is 2.30. The molecular weight excluding hydrogens is 277 g/mol. The molecule has 2 aromatic rings. The summed E-state index contributed by atoms with van der Waals surface area (Å²) in [6.07, 6.45) is 0. The van der Waals surface area contributed by atoms with Gasteiger partial charge in [0, 0.05) is 24.1 Å². The van der Waals surface area contributed by atoms with Gasteiger partial charge in [0.25, 0.3) is 0 Å². The van der Waals surface area contributed by atoms with Crippen LogP contribution >= 0.6 is 11.6 Å². The minimum absolute atomic E-state index is 0.207. The molecule has 0 atom stereocenters. The Morgan fingerprint density at radius 1 is 1.15 bits per heavy atom. The average molecular weight is 294 g/mol. The monoisotopic (exact) mass is 293 g/mol. The van der Waals surface area contributed by atoms with E-state index in [-0.39, 0.29) is 11.2 Å². The summed E-state index contributed by atoms with van der Waals surface area (Å²) in [6.45, 7) is 6.08. The van der Waals surface area contributed by atoms with Gasteiger partial charge >= 0.3 is 0 Å². The van der Waals surface area contributed by atoms with Gasteiger partial charge in [-0.25, -0.2) is 14.4 Å². The van der Waals surface area contributed by atoms with Gasteiger partial charge in [-0.15, -0.1) is 0 Å². The molecule has 0 aliphatic carbocycles. The standard InChI is InChI=1S/C15H17ClFN3/c1-15(2,3)14-19-12(8-13(18-4)20-14)10-7-9(17)5-6-11(10)16/h5-8H,1-4H3,(H,18,19,20). The number of hydrogen-bond donors (Lipinski definition) is 1. The van der Waals surface area contributed by atoms with Gasteiger partial charge in [-0.1, -0.05) is 32.4 Å². The van der Waals surface area contributed by atoms with E-state index in [1.54, 1.807) is 13.1 Å². The molecule has 3 nitrogen and oxygen atoms in total. The lowest BCUT2D eigenvalue weighted by atomic mass is 9.95. The van der Waals surface area contributed by atoms with Gasteiger partial charge in [-0.05, 0) is 18.2 Å². The molecule has 5 heteroatoms. The van der Waals surface area contributed by atoms with Crippen molar-refractivity contribution in [1.82, 2.24) is 9.97 Å². The number of halogens is 2. The van der Waals surface area contributed by atoms with Crippen molar-refractivity contribution in [2.24, 2.45) is 0 Å². The first-order valence-electron chi connectivity index (χ1n) is 6.34. The second kappa shape index (κ2) is 5.37. The van der Waals surface area contributed by atoms with Crippen LogP contribution in [0.4, 0.5) is 10.2 Å². The predicted molar refractivity (Wildman–Crippen MR) is 80.7 cm³/mol. The van der Waals surface area contributed by atoms with Crippen LogP contribution < -0.4 is 5.32 Å². The summed E-state index contributed by atoms with van der Waals surface area (Å²) in [6, 6.07) is 6.01. The molecule has 106 valence electrons. The Bertz CT molecular complexity index is 636. The zero-order chi connectivity index (χ0) is 14.9. The number of nitrogens with one attached hydrogen (secondary N) is 1. The number of hydrogen-bond acceptors (Lipinski definition) is 3. The summed E-state index contributed by atoms with van der Waals surface area (Å²) in [5, 5.41) is 3.46. The predicted octanol–water partition coefficient (Wildman–Crippen LogP) is 4.28. The van der Waals surface area contributed by atoms with E-state index >= 15 is 0 Å². The average Bonchev–Trinajstić information content (AvgIpc) is 2.40. The lowest BCUT2D eigenvalue weighted by Gasteiger charge is -2.18. The topological polar surface area (TPSA) is 37.8 Å². The molecule has 0 saturated carbocycles. The third-order valence-corrected chi connectivity index (χ3v) is 3.19.